The SMILES string of the molecule is CCCCOc1c(OC)cccc1C(=O)NCC[NH+]=C(C)CCC.O=C([O-])C(=O)O. The van der Waals surface area contributed by atoms with Crippen LogP contribution in [0.25, 0.3) is 0 Å². The van der Waals surface area contributed by atoms with Gasteiger partial charge in [-0.3, -0.25) is 4.79 Å². The van der Waals surface area contributed by atoms with Crippen molar-refractivity contribution in [2.24, 2.45) is 0 Å². The molecule has 168 valence electrons. The van der Waals surface area contributed by atoms with Crippen molar-refractivity contribution in [2.45, 2.75) is 46.5 Å². The van der Waals surface area contributed by atoms with E-state index in [9.17, 15) is 4.79 Å². The fourth-order valence-electron chi connectivity index (χ4n) is 2.33. The Balaban J connectivity index is 0.00000122. The molecule has 9 nitrogen and oxygen atoms in total. The zero-order valence-corrected chi connectivity index (χ0v) is 18.1. The molecule has 0 aliphatic heterocycles. The number of benzene rings is 1. The molecule has 0 heterocycles. The van der Waals surface area contributed by atoms with Crippen LogP contribution < -0.4 is 24.9 Å². The van der Waals surface area contributed by atoms with Gasteiger partial charge in [0.25, 0.3) is 5.91 Å². The van der Waals surface area contributed by atoms with Crippen molar-refractivity contribution in [3.63, 3.8) is 0 Å². The minimum absolute atomic E-state index is 0.143. The highest BCUT2D eigenvalue weighted by molar-refractivity contribution is 6.26. The third-order valence-corrected chi connectivity index (χ3v) is 3.82. The van der Waals surface area contributed by atoms with E-state index in [1.54, 1.807) is 19.2 Å². The van der Waals surface area contributed by atoms with E-state index in [0.717, 1.165) is 25.7 Å². The number of carbonyl (C=O) groups excluding carboxylic acids is 2. The van der Waals surface area contributed by atoms with Crippen molar-refractivity contribution in [3.8, 4) is 11.5 Å². The van der Waals surface area contributed by atoms with E-state index < -0.39 is 11.9 Å². The molecule has 30 heavy (non-hydrogen) atoms. The summed E-state index contributed by atoms with van der Waals surface area (Å²) in [6.45, 7) is 8.18. The summed E-state index contributed by atoms with van der Waals surface area (Å²) in [6, 6.07) is 5.38. The first-order valence-electron chi connectivity index (χ1n) is 9.86. The number of carboxylic acids is 2. The molecule has 1 aromatic carbocycles. The summed E-state index contributed by atoms with van der Waals surface area (Å²) in [6.07, 6.45) is 4.15. The predicted octanol–water partition coefficient (Wildman–Crippen LogP) is -0.234. The summed E-state index contributed by atoms with van der Waals surface area (Å²) in [5.74, 6) is -3.04. The summed E-state index contributed by atoms with van der Waals surface area (Å²) >= 11 is 0. The van der Waals surface area contributed by atoms with Gasteiger partial charge < -0.3 is 29.8 Å². The number of unbranched alkanes of at least 4 members (excludes halogenated alkanes) is 1. The molecule has 0 fully saturated rings. The second-order valence-corrected chi connectivity index (χ2v) is 6.34. The Morgan fingerprint density at radius 3 is 2.40 bits per heavy atom. The molecule has 0 radical (unpaired) electrons. The van der Waals surface area contributed by atoms with Gasteiger partial charge in [-0.05, 0) is 25.0 Å². The number of para-hydroxylation sites is 1. The summed E-state index contributed by atoms with van der Waals surface area (Å²) in [5.41, 5.74) is 1.76. The lowest BCUT2D eigenvalue weighted by molar-refractivity contribution is -0.456. The highest BCUT2D eigenvalue weighted by atomic mass is 16.5. The number of rotatable bonds is 11. The molecule has 0 bridgehead atoms. The first kappa shape index (κ1) is 26.9. The molecule has 0 aliphatic rings. The van der Waals surface area contributed by atoms with Crippen LogP contribution in [0.5, 0.6) is 11.5 Å². The van der Waals surface area contributed by atoms with Gasteiger partial charge in [-0.2, -0.15) is 0 Å². The molecule has 0 atom stereocenters. The standard InChI is InChI=1S/C19H30N2O3.C2H2O4/c1-5-7-14-24-18-16(10-8-11-17(18)23-4)19(22)21-13-12-20-15(3)9-6-2;3-1(4)2(5)6/h8,10-11H,5-7,9,12-14H2,1-4H3,(H,21,22);(H,3,4)(H,5,6). The van der Waals surface area contributed by atoms with Crippen LogP contribution in [-0.2, 0) is 9.59 Å². The number of ether oxygens (including phenoxy) is 2. The van der Waals surface area contributed by atoms with Gasteiger partial charge in [-0.15, -0.1) is 0 Å². The quantitative estimate of drug-likeness (QED) is 0.253. The zero-order chi connectivity index (χ0) is 22.9. The summed E-state index contributed by atoms with van der Waals surface area (Å²) < 4.78 is 11.1. The van der Waals surface area contributed by atoms with Crippen molar-refractivity contribution in [2.75, 3.05) is 26.8 Å². The van der Waals surface area contributed by atoms with Gasteiger partial charge in [0.05, 0.1) is 25.8 Å². The molecule has 0 saturated heterocycles. The van der Waals surface area contributed by atoms with Gasteiger partial charge >= 0.3 is 5.97 Å². The van der Waals surface area contributed by atoms with E-state index in [-0.39, 0.29) is 5.91 Å². The molecule has 0 aliphatic carbocycles. The van der Waals surface area contributed by atoms with E-state index in [1.807, 2.05) is 6.07 Å². The van der Waals surface area contributed by atoms with Crippen LogP contribution in [0.3, 0.4) is 0 Å². The molecule has 3 N–H and O–H groups in total. The lowest BCUT2D eigenvalue weighted by Gasteiger charge is -2.14. The van der Waals surface area contributed by atoms with Crippen molar-refractivity contribution < 1.29 is 39.1 Å². The van der Waals surface area contributed by atoms with Crippen molar-refractivity contribution >= 4 is 23.6 Å². The van der Waals surface area contributed by atoms with Gasteiger partial charge in [0.1, 0.15) is 5.71 Å². The van der Waals surface area contributed by atoms with Crippen molar-refractivity contribution in [1.29, 1.82) is 0 Å². The van der Waals surface area contributed by atoms with Crippen LogP contribution in [-0.4, -0.2) is 55.5 Å². The highest BCUT2D eigenvalue weighted by Crippen LogP contribution is 2.31. The third-order valence-electron chi connectivity index (χ3n) is 3.82. The van der Waals surface area contributed by atoms with Gasteiger partial charge in [0.2, 0.25) is 0 Å². The Morgan fingerprint density at radius 2 is 1.87 bits per heavy atom. The van der Waals surface area contributed by atoms with Gasteiger partial charge in [0.15, 0.2) is 24.0 Å². The Bertz CT molecular complexity index is 705. The van der Waals surface area contributed by atoms with Crippen LogP contribution in [0.4, 0.5) is 0 Å². The Kier molecular flexibility index (Phi) is 14.1. The number of aliphatic carboxylic acids is 2. The monoisotopic (exact) mass is 424 g/mol. The molecule has 1 rings (SSSR count). The number of carbonyl (C=O) groups is 3. The zero-order valence-electron chi connectivity index (χ0n) is 18.1. The van der Waals surface area contributed by atoms with Crippen LogP contribution in [0, 0.1) is 0 Å². The maximum atomic E-state index is 12.5. The number of hydrogen-bond acceptors (Lipinski definition) is 6. The molecular weight excluding hydrogens is 392 g/mol. The van der Waals surface area contributed by atoms with E-state index in [0.29, 0.717) is 36.8 Å². The van der Waals surface area contributed by atoms with Crippen LogP contribution in [0.2, 0.25) is 0 Å². The van der Waals surface area contributed by atoms with Crippen molar-refractivity contribution in [1.82, 2.24) is 5.32 Å². The fourth-order valence-corrected chi connectivity index (χ4v) is 2.33. The second-order valence-electron chi connectivity index (χ2n) is 6.34. The van der Waals surface area contributed by atoms with Gasteiger partial charge in [0, 0.05) is 13.3 Å². The molecule has 0 unspecified atom stereocenters. The van der Waals surface area contributed by atoms with Crippen LogP contribution in [0.15, 0.2) is 18.2 Å². The topological polar surface area (TPSA) is 139 Å². The smallest absolute Gasteiger partial charge is 0.351 e. The van der Waals surface area contributed by atoms with E-state index in [4.69, 9.17) is 29.3 Å². The minimum Gasteiger partial charge on any atom is -0.539 e. The lowest BCUT2D eigenvalue weighted by atomic mass is 10.1. The number of carboxylic acid groups (broad SMARTS) is 2. The normalized spacial score (nSPS) is 10.5. The van der Waals surface area contributed by atoms with Crippen molar-refractivity contribution in [3.05, 3.63) is 23.8 Å². The molecule has 9 heteroatoms. The number of nitrogens with one attached hydrogen (secondary N) is 2. The molecule has 0 aromatic heterocycles. The molecule has 1 aromatic rings. The maximum absolute atomic E-state index is 12.5. The minimum atomic E-state index is -2.07. The Labute approximate surface area is 177 Å². The summed E-state index contributed by atoms with van der Waals surface area (Å²) in [5, 5.41) is 19.2. The van der Waals surface area contributed by atoms with Gasteiger partial charge in [-0.1, -0.05) is 26.3 Å². The Morgan fingerprint density at radius 1 is 1.20 bits per heavy atom. The second kappa shape index (κ2) is 15.8. The lowest BCUT2D eigenvalue weighted by Crippen LogP contribution is -2.74. The summed E-state index contributed by atoms with van der Waals surface area (Å²) in [7, 11) is 1.58. The molecule has 1 amide bonds. The van der Waals surface area contributed by atoms with Gasteiger partial charge in [-0.25, -0.2) is 9.79 Å². The summed E-state index contributed by atoms with van der Waals surface area (Å²) in [4.78, 5) is 33.8. The maximum Gasteiger partial charge on any atom is 0.351 e. The van der Waals surface area contributed by atoms with E-state index in [2.05, 4.69) is 31.1 Å². The average Bonchev–Trinajstić information content (AvgIpc) is 2.71. The molecule has 0 spiro atoms. The Hall–Kier alpha value is -3.10. The molecular formula is C21H32N2O7. The number of amides is 1. The first-order chi connectivity index (χ1) is 14.3. The number of hydrogen-bond donors (Lipinski definition) is 3. The fraction of sp³-hybridized carbons (Fsp3) is 0.524. The highest BCUT2D eigenvalue weighted by Gasteiger charge is 2.17. The van der Waals surface area contributed by atoms with E-state index >= 15 is 0 Å². The first-order valence-corrected chi connectivity index (χ1v) is 9.86. The average molecular weight is 424 g/mol. The van der Waals surface area contributed by atoms with Crippen LogP contribution in [0.1, 0.15) is 56.8 Å². The number of methoxy groups -OCH3 is 1. The van der Waals surface area contributed by atoms with Crippen LogP contribution >= 0.6 is 0 Å². The largest absolute Gasteiger partial charge is 0.539 e. The predicted molar refractivity (Wildman–Crippen MR) is 110 cm³/mol. The third kappa shape index (κ3) is 11.0. The molecule has 0 saturated carbocycles. The van der Waals surface area contributed by atoms with E-state index in [1.165, 1.54) is 5.71 Å².